The number of imidazole rings is 2. The molecule has 0 bridgehead atoms. The van der Waals surface area contributed by atoms with E-state index in [1.165, 1.54) is 32.0 Å². The Morgan fingerprint density at radius 1 is 0.650 bits per heavy atom. The summed E-state index contributed by atoms with van der Waals surface area (Å²) in [4.78, 5) is 182. The van der Waals surface area contributed by atoms with Gasteiger partial charge in [0.2, 0.25) is 53.2 Å². The monoisotopic (exact) mass is 1160 g/mol. The first-order valence-corrected chi connectivity index (χ1v) is 26.5. The number of nitrogens with zero attached hydrogens (tertiary/aromatic N) is 3. The van der Waals surface area contributed by atoms with Gasteiger partial charge < -0.3 is 95.4 Å². The van der Waals surface area contributed by atoms with Crippen molar-refractivity contribution in [3.8, 4) is 0 Å². The van der Waals surface area contributed by atoms with E-state index in [4.69, 9.17) is 22.9 Å². The summed E-state index contributed by atoms with van der Waals surface area (Å²) in [5, 5.41) is 38.2. The lowest BCUT2D eigenvalue weighted by Crippen LogP contribution is -2.62. The van der Waals surface area contributed by atoms with Gasteiger partial charge in [-0.2, -0.15) is 0 Å². The Balaban J connectivity index is 2.34. The molecule has 22 N–H and O–H groups in total. The minimum Gasteiger partial charge on any atom is -0.481 e. The highest BCUT2D eigenvalue weighted by Gasteiger charge is 2.37. The maximum absolute atomic E-state index is 14.0. The van der Waals surface area contributed by atoms with Crippen LogP contribution in [0, 0.1) is 11.8 Å². The molecule has 0 fully saturated rings. The summed E-state index contributed by atoms with van der Waals surface area (Å²) in [7, 11) is -5.35. The van der Waals surface area contributed by atoms with Gasteiger partial charge in [0, 0.05) is 49.6 Å². The topological polar surface area (TPSA) is 565 Å². The number of H-pyrrole nitrogens is 2. The van der Waals surface area contributed by atoms with E-state index in [9.17, 15) is 77.3 Å². The van der Waals surface area contributed by atoms with Gasteiger partial charge in [0.1, 0.15) is 48.3 Å². The highest BCUT2D eigenvalue weighted by Crippen LogP contribution is 2.35. The second kappa shape index (κ2) is 33.4. The summed E-state index contributed by atoms with van der Waals surface area (Å²) >= 11 is 0. The van der Waals surface area contributed by atoms with Gasteiger partial charge in [0.05, 0.1) is 31.7 Å². The molecule has 80 heavy (non-hydrogen) atoms. The number of nitrogens with one attached hydrogen (secondary N) is 10. The lowest BCUT2D eigenvalue weighted by atomic mass is 9.97. The van der Waals surface area contributed by atoms with Crippen molar-refractivity contribution in [3.05, 3.63) is 36.4 Å². The molecule has 2 rings (SSSR count). The van der Waals surface area contributed by atoms with Crippen LogP contribution < -0.4 is 65.5 Å². The maximum Gasteiger partial charge on any atom is 0.469 e. The molecule has 0 saturated heterocycles. The zero-order chi connectivity index (χ0) is 60.4. The van der Waals surface area contributed by atoms with Crippen LogP contribution in [-0.4, -0.2) is 179 Å². The number of hydrogen-bond donors (Lipinski definition) is 18. The molecular weight excluding hydrogens is 1080 g/mol. The Hall–Kier alpha value is -8.07. The number of carboxylic acid groups (broad SMARTS) is 2. The number of aliphatic imine (C=N–C) groups is 1. The normalized spacial score (nSPS) is 15.1. The van der Waals surface area contributed by atoms with Crippen molar-refractivity contribution in [1.29, 1.82) is 0 Å². The van der Waals surface area contributed by atoms with Gasteiger partial charge >= 0.3 is 19.8 Å². The van der Waals surface area contributed by atoms with Gasteiger partial charge in [-0.15, -0.1) is 0 Å². The molecule has 0 spiro atoms. The molecule has 0 aliphatic carbocycles. The summed E-state index contributed by atoms with van der Waals surface area (Å²) in [6.45, 7) is 6.41. The average Bonchev–Trinajstić information content (AvgIpc) is 4.09. The first-order valence-electron chi connectivity index (χ1n) is 25.0. The Bertz CT molecular complexity index is 2510. The molecule has 0 unspecified atom stereocenters. The van der Waals surface area contributed by atoms with Crippen LogP contribution in [0.5, 0.6) is 0 Å². The first kappa shape index (κ1) is 68.0. The lowest BCUT2D eigenvalue weighted by molar-refractivity contribution is -0.143. The smallest absolute Gasteiger partial charge is 0.469 e. The number of carbonyl (C=O) groups is 11. The number of phosphoric ester groups is 1. The molecule has 0 aliphatic heterocycles. The number of carboxylic acids is 2. The molecular formula is C45H74N17O17P. The predicted octanol–water partition coefficient (Wildman–Crippen LogP) is -5.78. The second-order valence-corrected chi connectivity index (χ2v) is 20.2. The number of carbonyl (C=O) groups excluding carboxylic acids is 9. The minimum atomic E-state index is -5.35. The van der Waals surface area contributed by atoms with E-state index in [1.54, 1.807) is 20.8 Å². The van der Waals surface area contributed by atoms with Gasteiger partial charge in [0.25, 0.3) is 0 Å². The molecule has 9 amide bonds. The molecule has 0 aromatic carbocycles. The van der Waals surface area contributed by atoms with Crippen LogP contribution in [0.1, 0.15) is 91.0 Å². The number of primary amides is 1. The number of phosphoric acid groups is 1. The third-order valence-electron chi connectivity index (χ3n) is 11.8. The quantitative estimate of drug-likeness (QED) is 0.0130. The van der Waals surface area contributed by atoms with E-state index in [0.29, 0.717) is 11.4 Å². The number of amides is 9. The number of rotatable bonds is 37. The van der Waals surface area contributed by atoms with Crippen molar-refractivity contribution in [1.82, 2.24) is 62.5 Å². The molecule has 0 saturated carbocycles. The fourth-order valence-corrected chi connectivity index (χ4v) is 7.64. The van der Waals surface area contributed by atoms with Crippen LogP contribution in [0.15, 0.2) is 30.0 Å². The van der Waals surface area contributed by atoms with Crippen molar-refractivity contribution in [2.75, 3.05) is 13.2 Å². The Morgan fingerprint density at radius 3 is 1.69 bits per heavy atom. The molecule has 0 aliphatic rings. The number of aromatic amines is 2. The van der Waals surface area contributed by atoms with Crippen LogP contribution in [0.4, 0.5) is 0 Å². The number of guanidine groups is 1. The highest BCUT2D eigenvalue weighted by molar-refractivity contribution is 7.46. The molecule has 2 aromatic heterocycles. The van der Waals surface area contributed by atoms with Crippen molar-refractivity contribution < 1.29 is 81.8 Å². The van der Waals surface area contributed by atoms with Crippen molar-refractivity contribution in [2.45, 2.75) is 147 Å². The van der Waals surface area contributed by atoms with E-state index in [1.807, 2.05) is 0 Å². The summed E-state index contributed by atoms with van der Waals surface area (Å²) in [6, 6.07) is -14.4. The van der Waals surface area contributed by atoms with Crippen LogP contribution in [0.2, 0.25) is 0 Å². The number of aliphatic carboxylic acids is 2. The van der Waals surface area contributed by atoms with E-state index in [-0.39, 0.29) is 56.9 Å². The summed E-state index contributed by atoms with van der Waals surface area (Å²) in [5.41, 5.74) is 22.8. The zero-order valence-electron chi connectivity index (χ0n) is 44.6. The van der Waals surface area contributed by atoms with Crippen LogP contribution >= 0.6 is 7.82 Å². The fourth-order valence-electron chi connectivity index (χ4n) is 7.30. The standard InChI is InChI=1S/C45H74N17O17P/c1-6-22(4)35(62-42(72)32(18-79-80(76,77)78)61-41(71)30(14-25-17-51-20-54-25)58-37(67)26(46)13-24-16-50-19-53-24)43(73)60-31(15-34(64)65)39(69)55-23(5)36(66)56-27(9-10-33(47)63)38(68)59-29(12-21(2)3)40(70)57-28(44(74)75)8-7-11-52-45(48)49/h16-17,19-23,26-32,35H,6-15,18,46H2,1-5H3,(H2,47,63)(H,50,53)(H,51,54)(H,55,69)(H,56,66)(H,57,70)(H,58,67)(H,59,68)(H,60,73)(H,61,71)(H,62,72)(H,64,65)(H,74,75)(H4,48,49,52)(H2,76,77,78)/t22-,23-,26-,27-,28-,29-,30-,31-,32-,35-/m0/s1. The van der Waals surface area contributed by atoms with Crippen LogP contribution in [0.25, 0.3) is 0 Å². The van der Waals surface area contributed by atoms with Gasteiger partial charge in [-0.05, 0) is 44.4 Å². The number of hydrogen-bond acceptors (Lipinski definition) is 17. The van der Waals surface area contributed by atoms with Crippen LogP contribution in [0.3, 0.4) is 0 Å². The minimum absolute atomic E-state index is 0.0272. The van der Waals surface area contributed by atoms with Crippen molar-refractivity contribution in [3.63, 3.8) is 0 Å². The Morgan fingerprint density at radius 2 is 1.16 bits per heavy atom. The molecule has 2 heterocycles. The molecule has 446 valence electrons. The third-order valence-corrected chi connectivity index (χ3v) is 12.2. The number of nitrogens with two attached hydrogens (primary N) is 4. The number of aromatic nitrogens is 4. The maximum atomic E-state index is 14.0. The molecule has 2 aromatic rings. The highest BCUT2D eigenvalue weighted by atomic mass is 31.2. The largest absolute Gasteiger partial charge is 0.481 e. The Kier molecular flexibility index (Phi) is 28.4. The van der Waals surface area contributed by atoms with E-state index in [0.717, 1.165) is 6.92 Å². The average molecular weight is 1160 g/mol. The molecule has 10 atom stereocenters. The van der Waals surface area contributed by atoms with E-state index >= 15 is 0 Å². The van der Waals surface area contributed by atoms with Gasteiger partial charge in [0.15, 0.2) is 5.96 Å². The predicted molar refractivity (Wildman–Crippen MR) is 279 cm³/mol. The molecule has 0 radical (unpaired) electrons. The lowest BCUT2D eigenvalue weighted by Gasteiger charge is -2.29. The molecule has 34 nitrogen and oxygen atoms in total. The summed E-state index contributed by atoms with van der Waals surface area (Å²) < 4.78 is 16.4. The Labute approximate surface area is 458 Å². The summed E-state index contributed by atoms with van der Waals surface area (Å²) in [6.07, 6.45) is 3.19. The van der Waals surface area contributed by atoms with Crippen molar-refractivity contribution >= 4 is 78.9 Å². The summed E-state index contributed by atoms with van der Waals surface area (Å²) in [5.74, 6) is -14.0. The van der Waals surface area contributed by atoms with Gasteiger partial charge in [-0.1, -0.05) is 34.1 Å². The first-order chi connectivity index (χ1) is 37.4. The van der Waals surface area contributed by atoms with Gasteiger partial charge in [-0.25, -0.2) is 19.3 Å². The molecule has 35 heteroatoms. The third kappa shape index (κ3) is 25.6. The fraction of sp³-hybridized carbons (Fsp3) is 0.600. The van der Waals surface area contributed by atoms with Gasteiger partial charge in [-0.3, -0.25) is 57.5 Å². The zero-order valence-corrected chi connectivity index (χ0v) is 45.5. The SMILES string of the molecule is CC[C@H](C)[C@H](NC(=O)[C@H](COP(=O)(O)O)NC(=O)[C@H](Cc1cnc[nH]1)NC(=O)[C@@H](N)Cc1cnc[nH]1)C(=O)N[C@@H](CC(=O)O)C(=O)N[C@@H](C)C(=O)N[C@@H](CCC(N)=O)C(=O)N[C@@H](CC(C)C)C(=O)N[C@@H](CCCN=C(N)N)C(=O)O. The van der Waals surface area contributed by atoms with Crippen LogP contribution in [-0.2, 0) is 74.7 Å². The van der Waals surface area contributed by atoms with E-state index in [2.05, 4.69) is 72.0 Å². The van der Waals surface area contributed by atoms with Crippen molar-refractivity contribution in [2.24, 2.45) is 39.8 Å². The van der Waals surface area contributed by atoms with E-state index < -0.39 is 159 Å². The second-order valence-electron chi connectivity index (χ2n) is 18.9.